The molecule has 0 atom stereocenters. The molecule has 8 heteroatoms. The van der Waals surface area contributed by atoms with Crippen molar-refractivity contribution in [2.75, 3.05) is 23.7 Å². The molecule has 6 nitrogen and oxygen atoms in total. The minimum absolute atomic E-state index is 0.0849. The minimum atomic E-state index is -3.70. The van der Waals surface area contributed by atoms with Crippen molar-refractivity contribution in [3.8, 4) is 0 Å². The van der Waals surface area contributed by atoms with Crippen LogP contribution in [0.15, 0.2) is 41.6 Å². The van der Waals surface area contributed by atoms with Crippen LogP contribution >= 0.6 is 11.6 Å². The third-order valence-electron chi connectivity index (χ3n) is 2.40. The minimum Gasteiger partial charge on any atom is -0.347 e. The van der Waals surface area contributed by atoms with Gasteiger partial charge in [-0.15, -0.1) is 0 Å². The molecule has 0 fully saturated rings. The average Bonchev–Trinajstić information content (AvgIpc) is 2.39. The van der Waals surface area contributed by atoms with E-state index in [1.807, 2.05) is 0 Å². The maximum absolute atomic E-state index is 12.1. The Balaban J connectivity index is 2.24. The van der Waals surface area contributed by atoms with Gasteiger partial charge in [0.25, 0.3) is 10.0 Å². The number of benzene rings is 1. The van der Waals surface area contributed by atoms with Crippen molar-refractivity contribution >= 4 is 33.3 Å². The second-order valence-corrected chi connectivity index (χ2v) is 6.35. The fraction of sp³-hybridized carbons (Fsp3) is 0.167. The van der Waals surface area contributed by atoms with Crippen molar-refractivity contribution in [1.82, 2.24) is 9.97 Å². The van der Waals surface area contributed by atoms with Gasteiger partial charge < -0.3 is 4.90 Å². The highest BCUT2D eigenvalue weighted by Gasteiger charge is 2.15. The van der Waals surface area contributed by atoms with E-state index in [0.29, 0.717) is 11.0 Å². The fourth-order valence-corrected chi connectivity index (χ4v) is 2.78. The van der Waals surface area contributed by atoms with Gasteiger partial charge in [0.15, 0.2) is 0 Å². The molecule has 1 aromatic heterocycles. The Bertz CT molecular complexity index is 702. The number of aromatic nitrogens is 2. The van der Waals surface area contributed by atoms with Gasteiger partial charge in [0.1, 0.15) is 0 Å². The first kappa shape index (κ1) is 14.5. The molecular formula is C12H13ClN4O2S. The van der Waals surface area contributed by atoms with E-state index in [4.69, 9.17) is 11.6 Å². The van der Waals surface area contributed by atoms with E-state index >= 15 is 0 Å². The molecule has 20 heavy (non-hydrogen) atoms. The average molecular weight is 313 g/mol. The SMILES string of the molecule is CN(C)c1ncc(NS(=O)(=O)c2cccc(Cl)c2)cn1. The zero-order valence-electron chi connectivity index (χ0n) is 10.9. The fourth-order valence-electron chi connectivity index (χ4n) is 1.45. The summed E-state index contributed by atoms with van der Waals surface area (Å²) in [4.78, 5) is 9.87. The molecule has 0 saturated heterocycles. The molecule has 0 aliphatic carbocycles. The predicted molar refractivity (Wildman–Crippen MR) is 78.6 cm³/mol. The van der Waals surface area contributed by atoms with Crippen LogP contribution in [0.1, 0.15) is 0 Å². The summed E-state index contributed by atoms with van der Waals surface area (Å²) >= 11 is 5.79. The lowest BCUT2D eigenvalue weighted by atomic mass is 10.4. The molecule has 106 valence electrons. The normalized spacial score (nSPS) is 11.2. The molecule has 2 aromatic rings. The number of halogens is 1. The lowest BCUT2D eigenvalue weighted by molar-refractivity contribution is 0.601. The summed E-state index contributed by atoms with van der Waals surface area (Å²) in [6.45, 7) is 0. The third-order valence-corrected chi connectivity index (χ3v) is 4.01. The molecule has 0 unspecified atom stereocenters. The number of hydrogen-bond acceptors (Lipinski definition) is 5. The molecule has 1 N–H and O–H groups in total. The number of rotatable bonds is 4. The van der Waals surface area contributed by atoms with Crippen molar-refractivity contribution in [2.24, 2.45) is 0 Å². The van der Waals surface area contributed by atoms with Crippen LogP contribution in [0.25, 0.3) is 0 Å². The van der Waals surface area contributed by atoms with E-state index in [1.54, 1.807) is 31.1 Å². The highest BCUT2D eigenvalue weighted by Crippen LogP contribution is 2.18. The Kier molecular flexibility index (Phi) is 4.10. The van der Waals surface area contributed by atoms with E-state index in [9.17, 15) is 8.42 Å². The second kappa shape index (κ2) is 5.64. The number of hydrogen-bond donors (Lipinski definition) is 1. The van der Waals surface area contributed by atoms with E-state index in [-0.39, 0.29) is 10.6 Å². The van der Waals surface area contributed by atoms with Gasteiger partial charge >= 0.3 is 0 Å². The van der Waals surface area contributed by atoms with E-state index in [0.717, 1.165) is 0 Å². The lowest BCUT2D eigenvalue weighted by Crippen LogP contribution is -2.15. The van der Waals surface area contributed by atoms with E-state index in [2.05, 4.69) is 14.7 Å². The molecule has 0 bridgehead atoms. The van der Waals surface area contributed by atoms with Crippen LogP contribution in [0.5, 0.6) is 0 Å². The molecule has 1 aromatic carbocycles. The molecular weight excluding hydrogens is 300 g/mol. The van der Waals surface area contributed by atoms with Crippen molar-refractivity contribution in [1.29, 1.82) is 0 Å². The summed E-state index contributed by atoms with van der Waals surface area (Å²) in [5, 5.41) is 0.354. The molecule has 0 aliphatic rings. The summed E-state index contributed by atoms with van der Waals surface area (Å²) < 4.78 is 26.7. The van der Waals surface area contributed by atoms with Crippen molar-refractivity contribution < 1.29 is 8.42 Å². The first-order valence-electron chi connectivity index (χ1n) is 5.66. The highest BCUT2D eigenvalue weighted by molar-refractivity contribution is 7.92. The Morgan fingerprint density at radius 2 is 1.85 bits per heavy atom. The summed E-state index contributed by atoms with van der Waals surface area (Å²) in [5.41, 5.74) is 0.288. The largest absolute Gasteiger partial charge is 0.347 e. The van der Waals surface area contributed by atoms with Gasteiger partial charge in [-0.25, -0.2) is 18.4 Å². The smallest absolute Gasteiger partial charge is 0.262 e. The summed E-state index contributed by atoms with van der Waals surface area (Å²) in [7, 11) is -0.103. The van der Waals surface area contributed by atoms with Gasteiger partial charge in [-0.3, -0.25) is 4.72 Å². The summed E-state index contributed by atoms with van der Waals surface area (Å²) in [6.07, 6.45) is 2.81. The van der Waals surface area contributed by atoms with Gasteiger partial charge in [0, 0.05) is 19.1 Å². The maximum atomic E-state index is 12.1. The van der Waals surface area contributed by atoms with Gasteiger partial charge in [-0.05, 0) is 18.2 Å². The molecule has 0 radical (unpaired) electrons. The van der Waals surface area contributed by atoms with E-state index < -0.39 is 10.0 Å². The molecule has 1 heterocycles. The number of sulfonamides is 1. The van der Waals surface area contributed by atoms with Crippen LogP contribution in [-0.4, -0.2) is 32.5 Å². The zero-order valence-corrected chi connectivity index (χ0v) is 12.5. The standard InChI is InChI=1S/C12H13ClN4O2S/c1-17(2)12-14-7-10(8-15-12)16-20(18,19)11-5-3-4-9(13)6-11/h3-8,16H,1-2H3. The molecule has 0 aliphatic heterocycles. The molecule has 0 amide bonds. The molecule has 2 rings (SSSR count). The highest BCUT2D eigenvalue weighted by atomic mass is 35.5. The van der Waals surface area contributed by atoms with Crippen LogP contribution in [0.2, 0.25) is 5.02 Å². The predicted octanol–water partition coefficient (Wildman–Crippen LogP) is 2.00. The quantitative estimate of drug-likeness (QED) is 0.934. The van der Waals surface area contributed by atoms with Crippen LogP contribution in [0, 0.1) is 0 Å². The van der Waals surface area contributed by atoms with Crippen LogP contribution in [0.4, 0.5) is 11.6 Å². The van der Waals surface area contributed by atoms with Gasteiger partial charge in [0.2, 0.25) is 5.95 Å². The van der Waals surface area contributed by atoms with Crippen LogP contribution in [0.3, 0.4) is 0 Å². The van der Waals surface area contributed by atoms with Gasteiger partial charge in [-0.1, -0.05) is 17.7 Å². The van der Waals surface area contributed by atoms with Crippen molar-refractivity contribution in [3.05, 3.63) is 41.7 Å². The topological polar surface area (TPSA) is 75.2 Å². The Hall–Kier alpha value is -1.86. The maximum Gasteiger partial charge on any atom is 0.262 e. The molecule has 0 saturated carbocycles. The van der Waals surface area contributed by atoms with Gasteiger partial charge in [0.05, 0.1) is 23.0 Å². The Morgan fingerprint density at radius 1 is 1.20 bits per heavy atom. The zero-order chi connectivity index (χ0) is 14.8. The summed E-state index contributed by atoms with van der Waals surface area (Å²) in [5.74, 6) is 0.496. The van der Waals surface area contributed by atoms with Crippen LogP contribution in [-0.2, 0) is 10.0 Å². The number of anilines is 2. The first-order valence-corrected chi connectivity index (χ1v) is 7.52. The van der Waals surface area contributed by atoms with Crippen molar-refractivity contribution in [2.45, 2.75) is 4.90 Å². The third kappa shape index (κ3) is 3.37. The second-order valence-electron chi connectivity index (χ2n) is 4.23. The number of nitrogens with zero attached hydrogens (tertiary/aromatic N) is 3. The first-order chi connectivity index (χ1) is 9.38. The van der Waals surface area contributed by atoms with E-state index in [1.165, 1.54) is 24.5 Å². The summed E-state index contributed by atoms with van der Waals surface area (Å²) in [6, 6.07) is 6.01. The monoisotopic (exact) mass is 312 g/mol. The van der Waals surface area contributed by atoms with Gasteiger partial charge in [-0.2, -0.15) is 0 Å². The van der Waals surface area contributed by atoms with Crippen molar-refractivity contribution in [3.63, 3.8) is 0 Å². The Labute approximate surface area is 122 Å². The Morgan fingerprint density at radius 3 is 2.40 bits per heavy atom. The number of nitrogens with one attached hydrogen (secondary N) is 1. The lowest BCUT2D eigenvalue weighted by Gasteiger charge is -2.11. The van der Waals surface area contributed by atoms with Crippen LogP contribution < -0.4 is 9.62 Å². The molecule has 0 spiro atoms.